The highest BCUT2D eigenvalue weighted by Gasteiger charge is 2.41. The van der Waals surface area contributed by atoms with Gasteiger partial charge in [0.1, 0.15) is 34.1 Å². The predicted molar refractivity (Wildman–Crippen MR) is 405 cm³/mol. The summed E-state index contributed by atoms with van der Waals surface area (Å²) in [4.78, 5) is 35.5. The van der Waals surface area contributed by atoms with E-state index in [0.29, 0.717) is 34.7 Å². The van der Waals surface area contributed by atoms with Crippen molar-refractivity contribution in [3.05, 3.63) is 291 Å². The highest BCUT2D eigenvalue weighted by atomic mass is 15.3. The summed E-state index contributed by atoms with van der Waals surface area (Å²) in [5.41, 5.74) is 26.4. The fourth-order valence-corrected chi connectivity index (χ4v) is 17.4. The Hall–Kier alpha value is -14.5. The van der Waals surface area contributed by atoms with Gasteiger partial charge in [0.2, 0.25) is 34.7 Å². The fraction of sp³-hybridized carbons (Fsp3) is 0. The van der Waals surface area contributed by atoms with Crippen molar-refractivity contribution >= 4 is 167 Å². The van der Waals surface area contributed by atoms with Crippen LogP contribution in [0.15, 0.2) is 291 Å². The third-order valence-electron chi connectivity index (χ3n) is 21.3. The molecule has 18 nitrogen and oxygen atoms in total. The molecule has 12 aromatic heterocycles. The first-order valence-electron chi connectivity index (χ1n) is 34.2. The van der Waals surface area contributed by atoms with Crippen LogP contribution in [0.2, 0.25) is 0 Å². The third kappa shape index (κ3) is 6.37. The van der Waals surface area contributed by atoms with Crippen LogP contribution in [0.5, 0.6) is 0 Å². The molecule has 0 unspecified atom stereocenters. The van der Waals surface area contributed by atoms with Crippen molar-refractivity contribution in [2.75, 3.05) is 0 Å². The molecule has 0 amide bonds. The molecule has 0 aliphatic carbocycles. The Balaban J connectivity index is 1.09. The van der Waals surface area contributed by atoms with Crippen LogP contribution in [0.3, 0.4) is 0 Å². The van der Waals surface area contributed by atoms with Crippen molar-refractivity contribution in [1.82, 2.24) is 83.7 Å². The Bertz CT molecular complexity index is 6810. The first-order chi connectivity index (χ1) is 50.7. The smallest absolute Gasteiger partial charge is 0.220 e. The van der Waals surface area contributed by atoms with Gasteiger partial charge < -0.3 is 0 Å². The van der Waals surface area contributed by atoms with Crippen LogP contribution in [-0.2, 0) is 0 Å². The number of nitrogens with zero attached hydrogens (tertiary/aromatic N) is 18. The van der Waals surface area contributed by atoms with Crippen molar-refractivity contribution < 1.29 is 0 Å². The number of aromatic nitrogens is 18. The van der Waals surface area contributed by atoms with Gasteiger partial charge in [0, 0.05) is 0 Å². The number of benzene rings is 13. The molecule has 0 aliphatic heterocycles. The first kappa shape index (κ1) is 52.6. The predicted octanol–water partition coefficient (Wildman–Crippen LogP) is 18.2. The molecule has 18 heteroatoms. The molecule has 0 atom stereocenters. The molecular formula is C84H48N18. The van der Waals surface area contributed by atoms with Crippen LogP contribution in [-0.4, -0.2) is 83.7 Å². The largest absolute Gasteiger partial charge is 0.276 e. The molecule has 13 aromatic carbocycles. The zero-order valence-electron chi connectivity index (χ0n) is 53.8. The SMILES string of the molecule is c1ccc2c(c1)nc1n(-c3c(-n4c5ccccc5n5c6ccccc6nc45)c(-n4c5ccccc5n5c6ccccc6nc45)c(-n4c5ccccc5n5c6ccccc6nc45)c(-n4c5ccccc5n5c6ccccc6nc45)c3-n3c4ccccc4n4c5ccccc5nc34)c3ccccc3n21. The lowest BCUT2D eigenvalue weighted by atomic mass is 10.0. The minimum Gasteiger partial charge on any atom is -0.276 e. The van der Waals surface area contributed by atoms with E-state index in [1.54, 1.807) is 0 Å². The minimum atomic E-state index is 0.683. The lowest BCUT2D eigenvalue weighted by Gasteiger charge is -2.30. The fourth-order valence-electron chi connectivity index (χ4n) is 17.4. The summed E-state index contributed by atoms with van der Waals surface area (Å²) in [5.74, 6) is 4.10. The number of para-hydroxylation sites is 24. The molecular weight excluding hydrogens is 1260 g/mol. The van der Waals surface area contributed by atoms with Crippen LogP contribution in [0.1, 0.15) is 0 Å². The highest BCUT2D eigenvalue weighted by Crippen LogP contribution is 2.53. The average Bonchev–Trinajstić information content (AvgIpc) is 1.47. The zero-order chi connectivity index (χ0) is 65.9. The zero-order valence-corrected chi connectivity index (χ0v) is 53.8. The Kier molecular flexibility index (Phi) is 9.69. The third-order valence-corrected chi connectivity index (χ3v) is 21.3. The van der Waals surface area contributed by atoms with Gasteiger partial charge in [-0.05, 0) is 146 Å². The van der Waals surface area contributed by atoms with Crippen molar-refractivity contribution in [2.24, 2.45) is 0 Å². The summed E-state index contributed by atoms with van der Waals surface area (Å²) >= 11 is 0. The van der Waals surface area contributed by atoms with E-state index < -0.39 is 0 Å². The molecule has 0 saturated heterocycles. The van der Waals surface area contributed by atoms with E-state index in [-0.39, 0.29) is 0 Å². The highest BCUT2D eigenvalue weighted by molar-refractivity contribution is 6.08. The number of rotatable bonds is 6. The number of hydrogen-bond donors (Lipinski definition) is 0. The molecule has 0 fully saturated rings. The second-order valence-corrected chi connectivity index (χ2v) is 26.5. The van der Waals surface area contributed by atoms with Gasteiger partial charge in [-0.25, -0.2) is 29.9 Å². The van der Waals surface area contributed by atoms with Gasteiger partial charge in [-0.2, -0.15) is 0 Å². The van der Waals surface area contributed by atoms with Crippen molar-refractivity contribution in [3.63, 3.8) is 0 Å². The van der Waals surface area contributed by atoms with Gasteiger partial charge in [-0.15, -0.1) is 0 Å². The molecule has 102 heavy (non-hydrogen) atoms. The van der Waals surface area contributed by atoms with Crippen LogP contribution in [0.4, 0.5) is 0 Å². The molecule has 474 valence electrons. The van der Waals surface area contributed by atoms with Crippen LogP contribution >= 0.6 is 0 Å². The minimum absolute atomic E-state index is 0.683. The Labute approximate surface area is 572 Å². The summed E-state index contributed by atoms with van der Waals surface area (Å²) in [6.45, 7) is 0. The standard InChI is InChI=1S/C84H48N18/c1-7-31-55-49(25-1)85-79-91(55)61-37-13-19-43-67(61)97(79)73-74(98-68-44-20-14-38-62(68)92-56-32-8-2-26-50(56)86-80(92)98)76(100-70-46-22-16-40-64(70)94-58-34-10-4-28-52(58)88-82(94)100)78(102-72-48-24-18-42-66(72)96-60-36-12-6-30-54(60)90-84(96)102)77(101-71-47-23-17-41-65(71)95-59-35-11-5-29-53(59)89-83(95)101)75(73)99-69-45-21-15-39-63(69)93-57-33-9-3-27-51(57)87-81(93)99/h1-48H. The average molecular weight is 1310 g/mol. The number of imidazole rings is 12. The van der Waals surface area contributed by atoms with Gasteiger partial charge in [0.15, 0.2) is 0 Å². The van der Waals surface area contributed by atoms with Gasteiger partial charge >= 0.3 is 0 Å². The summed E-state index contributed by atoms with van der Waals surface area (Å²) in [5, 5.41) is 0. The Morgan fingerprint density at radius 1 is 0.127 bits per heavy atom. The molecule has 0 spiro atoms. The van der Waals surface area contributed by atoms with Crippen molar-refractivity contribution in [2.45, 2.75) is 0 Å². The van der Waals surface area contributed by atoms with Crippen LogP contribution in [0.25, 0.3) is 201 Å². The topological polar surface area (TPSA) is 133 Å². The summed E-state index contributed by atoms with van der Waals surface area (Å²) in [7, 11) is 0. The van der Waals surface area contributed by atoms with E-state index in [4.69, 9.17) is 29.9 Å². The number of fused-ring (bicyclic) bond motifs is 30. The van der Waals surface area contributed by atoms with E-state index in [0.717, 1.165) is 167 Å². The van der Waals surface area contributed by atoms with Crippen molar-refractivity contribution in [1.29, 1.82) is 0 Å². The first-order valence-corrected chi connectivity index (χ1v) is 34.2. The van der Waals surface area contributed by atoms with Crippen LogP contribution in [0, 0.1) is 0 Å². The molecule has 0 aliphatic rings. The van der Waals surface area contributed by atoms with E-state index in [1.807, 2.05) is 0 Å². The molecule has 25 aromatic rings. The van der Waals surface area contributed by atoms with Gasteiger partial charge in [0.25, 0.3) is 0 Å². The Morgan fingerprint density at radius 3 is 0.392 bits per heavy atom. The van der Waals surface area contributed by atoms with Gasteiger partial charge in [0.05, 0.1) is 132 Å². The van der Waals surface area contributed by atoms with Gasteiger partial charge in [-0.3, -0.25) is 53.8 Å². The van der Waals surface area contributed by atoms with E-state index in [9.17, 15) is 0 Å². The quantitative estimate of drug-likeness (QED) is 0.163. The second-order valence-electron chi connectivity index (χ2n) is 26.5. The summed E-state index contributed by atoms with van der Waals surface area (Å²) in [6.07, 6.45) is 0. The molecule has 0 N–H and O–H groups in total. The molecule has 0 bridgehead atoms. The summed E-state index contributed by atoms with van der Waals surface area (Å²) in [6, 6.07) is 103. The Morgan fingerprint density at radius 2 is 0.245 bits per heavy atom. The van der Waals surface area contributed by atoms with E-state index >= 15 is 0 Å². The van der Waals surface area contributed by atoms with Gasteiger partial charge in [-0.1, -0.05) is 146 Å². The molecule has 0 saturated carbocycles. The normalized spacial score (nSPS) is 12.7. The van der Waals surface area contributed by atoms with E-state index in [1.165, 1.54) is 0 Å². The summed E-state index contributed by atoms with van der Waals surface area (Å²) < 4.78 is 28.6. The maximum absolute atomic E-state index is 5.91. The monoisotopic (exact) mass is 1310 g/mol. The lowest BCUT2D eigenvalue weighted by molar-refractivity contribution is 0.936. The maximum atomic E-state index is 5.91. The lowest BCUT2D eigenvalue weighted by Crippen LogP contribution is -2.21. The molecule has 12 heterocycles. The molecule has 0 radical (unpaired) electrons. The van der Waals surface area contributed by atoms with Crippen LogP contribution < -0.4 is 0 Å². The van der Waals surface area contributed by atoms with Crippen molar-refractivity contribution in [3.8, 4) is 34.1 Å². The maximum Gasteiger partial charge on any atom is 0.220 e. The molecule has 25 rings (SSSR count). The number of hydrogen-bond acceptors (Lipinski definition) is 6. The second kappa shape index (κ2) is 18.8. The van der Waals surface area contributed by atoms with E-state index in [2.05, 4.69) is 345 Å².